The number of para-hydroxylation sites is 2. The predicted molar refractivity (Wildman–Crippen MR) is 101 cm³/mol. The van der Waals surface area contributed by atoms with Gasteiger partial charge in [-0.2, -0.15) is 0 Å². The van der Waals surface area contributed by atoms with Gasteiger partial charge in [0.25, 0.3) is 0 Å². The highest BCUT2D eigenvalue weighted by Crippen LogP contribution is 2.43. The van der Waals surface area contributed by atoms with Crippen LogP contribution in [0.3, 0.4) is 0 Å². The summed E-state index contributed by atoms with van der Waals surface area (Å²) in [5.74, 6) is 0. The van der Waals surface area contributed by atoms with E-state index in [1.165, 1.54) is 26.1 Å². The van der Waals surface area contributed by atoms with E-state index >= 15 is 0 Å². The largest absolute Gasteiger partial charge is 0.726 e. The van der Waals surface area contributed by atoms with E-state index in [1.54, 1.807) is 0 Å². The lowest BCUT2D eigenvalue weighted by Crippen LogP contribution is -2.14. The van der Waals surface area contributed by atoms with Crippen LogP contribution in [0.25, 0.3) is 0 Å². The van der Waals surface area contributed by atoms with Crippen molar-refractivity contribution in [3.8, 4) is 0 Å². The monoisotopic (exact) mass is 387 g/mol. The van der Waals surface area contributed by atoms with Crippen molar-refractivity contribution in [3.63, 3.8) is 0 Å². The number of nitrogens with one attached hydrogen (secondary N) is 1. The first-order valence-electron chi connectivity index (χ1n) is 7.75. The third-order valence-corrected chi connectivity index (χ3v) is 6.41. The first-order chi connectivity index (χ1) is 12.5. The fraction of sp³-hybridized carbons (Fsp3) is 0.0526. The SMILES string of the molecule is COS(=O)(=O)[O-].c1ccc([S+]2c3ccccc3Nc3ccccc32)cc1. The second kappa shape index (κ2) is 7.92. The van der Waals surface area contributed by atoms with Crippen molar-refractivity contribution >= 4 is 32.7 Å². The molecule has 134 valence electrons. The minimum atomic E-state index is -4.41. The molecule has 1 N–H and O–H groups in total. The summed E-state index contributed by atoms with van der Waals surface area (Å²) in [4.78, 5) is 4.11. The predicted octanol–water partition coefficient (Wildman–Crippen LogP) is 3.93. The van der Waals surface area contributed by atoms with Crippen LogP contribution in [0.1, 0.15) is 0 Å². The lowest BCUT2D eigenvalue weighted by atomic mass is 10.2. The molecular weight excluding hydrogens is 370 g/mol. The average Bonchev–Trinajstić information content (AvgIpc) is 2.66. The van der Waals surface area contributed by atoms with Gasteiger partial charge in [-0.05, 0) is 36.4 Å². The van der Waals surface area contributed by atoms with E-state index in [0.717, 1.165) is 7.11 Å². The van der Waals surface area contributed by atoms with Gasteiger partial charge in [0.2, 0.25) is 10.4 Å². The molecule has 1 heterocycles. The van der Waals surface area contributed by atoms with E-state index in [4.69, 9.17) is 0 Å². The van der Waals surface area contributed by atoms with Crippen LogP contribution >= 0.6 is 0 Å². The number of fused-ring (bicyclic) bond motifs is 2. The molecule has 0 aromatic heterocycles. The van der Waals surface area contributed by atoms with E-state index in [2.05, 4.69) is 88.4 Å². The van der Waals surface area contributed by atoms with Crippen molar-refractivity contribution in [2.75, 3.05) is 12.4 Å². The highest BCUT2D eigenvalue weighted by atomic mass is 32.3. The van der Waals surface area contributed by atoms with Crippen molar-refractivity contribution in [2.45, 2.75) is 14.7 Å². The smallest absolute Gasteiger partial charge is 0.217 e. The minimum absolute atomic E-state index is 0.0204. The molecule has 0 aliphatic carbocycles. The first kappa shape index (κ1) is 18.5. The zero-order valence-electron chi connectivity index (χ0n) is 14.0. The van der Waals surface area contributed by atoms with Crippen molar-refractivity contribution in [1.29, 1.82) is 0 Å². The Bertz CT molecular complexity index is 946. The summed E-state index contributed by atoms with van der Waals surface area (Å²) < 4.78 is 31.0. The van der Waals surface area contributed by atoms with Crippen molar-refractivity contribution in [1.82, 2.24) is 0 Å². The van der Waals surface area contributed by atoms with Gasteiger partial charge in [0.1, 0.15) is 10.9 Å². The molecule has 0 saturated carbocycles. The first-order valence-corrected chi connectivity index (χ1v) is 10.3. The van der Waals surface area contributed by atoms with E-state index in [-0.39, 0.29) is 10.9 Å². The lowest BCUT2D eigenvalue weighted by molar-refractivity contribution is 0.314. The van der Waals surface area contributed by atoms with Gasteiger partial charge in [-0.15, -0.1) is 0 Å². The molecule has 1 aliphatic heterocycles. The van der Waals surface area contributed by atoms with Gasteiger partial charge in [-0.3, -0.25) is 4.18 Å². The Morgan fingerprint density at radius 3 is 1.69 bits per heavy atom. The zero-order valence-corrected chi connectivity index (χ0v) is 15.6. The maximum Gasteiger partial charge on any atom is 0.217 e. The van der Waals surface area contributed by atoms with Crippen LogP contribution in [0, 0.1) is 0 Å². The Hall–Kier alpha value is -2.32. The third-order valence-electron chi connectivity index (χ3n) is 3.67. The topological polar surface area (TPSA) is 78.5 Å². The van der Waals surface area contributed by atoms with Gasteiger partial charge in [-0.25, -0.2) is 8.42 Å². The number of benzene rings is 3. The molecule has 0 unspecified atom stereocenters. The van der Waals surface area contributed by atoms with Gasteiger partial charge >= 0.3 is 0 Å². The van der Waals surface area contributed by atoms with E-state index in [9.17, 15) is 13.0 Å². The van der Waals surface area contributed by atoms with Crippen LogP contribution in [0.5, 0.6) is 0 Å². The molecule has 4 rings (SSSR count). The Morgan fingerprint density at radius 1 is 0.808 bits per heavy atom. The molecule has 0 spiro atoms. The van der Waals surface area contributed by atoms with Crippen molar-refractivity contribution in [2.24, 2.45) is 0 Å². The zero-order chi connectivity index (χ0) is 18.6. The summed E-state index contributed by atoms with van der Waals surface area (Å²) in [6.45, 7) is 0. The maximum atomic E-state index is 9.22. The molecule has 0 saturated heterocycles. The normalized spacial score (nSPS) is 12.8. The molecule has 1 aliphatic rings. The van der Waals surface area contributed by atoms with Crippen LogP contribution in [0.4, 0.5) is 11.4 Å². The molecule has 3 aromatic carbocycles. The van der Waals surface area contributed by atoms with Crippen LogP contribution < -0.4 is 5.32 Å². The third kappa shape index (κ3) is 4.25. The Labute approximate surface area is 156 Å². The molecule has 7 heteroatoms. The lowest BCUT2D eigenvalue weighted by Gasteiger charge is -2.20. The highest BCUT2D eigenvalue weighted by molar-refractivity contribution is 7.97. The molecule has 0 atom stereocenters. The molecule has 0 fully saturated rings. The Morgan fingerprint density at radius 2 is 1.23 bits per heavy atom. The molecule has 0 amide bonds. The molecule has 3 aromatic rings. The fourth-order valence-electron chi connectivity index (χ4n) is 2.57. The molecule has 26 heavy (non-hydrogen) atoms. The molecule has 0 radical (unpaired) electrons. The minimum Gasteiger partial charge on any atom is -0.726 e. The summed E-state index contributed by atoms with van der Waals surface area (Å²) in [6, 6.07) is 28.0. The van der Waals surface area contributed by atoms with Crippen LogP contribution in [-0.4, -0.2) is 20.1 Å². The second-order valence-corrected chi connectivity index (χ2v) is 8.42. The summed E-state index contributed by atoms with van der Waals surface area (Å²) in [5.41, 5.74) is 2.44. The summed E-state index contributed by atoms with van der Waals surface area (Å²) in [7, 11) is -3.62. The summed E-state index contributed by atoms with van der Waals surface area (Å²) in [6.07, 6.45) is 0. The van der Waals surface area contributed by atoms with Gasteiger partial charge in [0.05, 0.1) is 18.5 Å². The van der Waals surface area contributed by atoms with Gasteiger partial charge in [-0.1, -0.05) is 42.5 Å². The van der Waals surface area contributed by atoms with E-state index in [0.29, 0.717) is 0 Å². The quantitative estimate of drug-likeness (QED) is 0.320. The van der Waals surface area contributed by atoms with Crippen LogP contribution in [0.2, 0.25) is 0 Å². The Kier molecular flexibility index (Phi) is 5.63. The number of hydrogen-bond acceptors (Lipinski definition) is 5. The molecule has 5 nitrogen and oxygen atoms in total. The summed E-state index contributed by atoms with van der Waals surface area (Å²) >= 11 is 0. The number of rotatable bonds is 2. The fourth-order valence-corrected chi connectivity index (χ4v) is 4.85. The van der Waals surface area contributed by atoms with Gasteiger partial charge in [0, 0.05) is 0 Å². The van der Waals surface area contributed by atoms with Gasteiger partial charge in [0.15, 0.2) is 14.7 Å². The molecular formula is C19H17NO4S2. The van der Waals surface area contributed by atoms with E-state index < -0.39 is 10.4 Å². The van der Waals surface area contributed by atoms with Gasteiger partial charge < -0.3 is 9.87 Å². The summed E-state index contributed by atoms with van der Waals surface area (Å²) in [5, 5.41) is 3.55. The van der Waals surface area contributed by atoms with Crippen molar-refractivity contribution < 1.29 is 17.2 Å². The van der Waals surface area contributed by atoms with Crippen LogP contribution in [-0.2, 0) is 25.5 Å². The second-order valence-electron chi connectivity index (χ2n) is 5.31. The average molecular weight is 387 g/mol. The Balaban J connectivity index is 0.000000286. The number of anilines is 2. The highest BCUT2D eigenvalue weighted by Gasteiger charge is 2.36. The van der Waals surface area contributed by atoms with Crippen LogP contribution in [0.15, 0.2) is 93.5 Å². The standard InChI is InChI=1S/C18H14NS.CH4O4S/c1-2-8-14(9-3-1)20-17-12-6-4-10-15(17)19-16-11-5-7-13-18(16)20;1-5-6(2,3)4/h1-13,19H;1H3,(H,2,3,4)/q+1;/p-1. The number of hydrogen-bond donors (Lipinski definition) is 1. The van der Waals surface area contributed by atoms with Crippen molar-refractivity contribution in [3.05, 3.63) is 78.9 Å². The molecule has 0 bridgehead atoms. The maximum absolute atomic E-state index is 9.22. The van der Waals surface area contributed by atoms with E-state index in [1.807, 2.05) is 0 Å².